The van der Waals surface area contributed by atoms with E-state index in [0.717, 1.165) is 6.07 Å². The molecule has 1 rings (SSSR count). The van der Waals surface area contributed by atoms with Gasteiger partial charge in [0.15, 0.2) is 0 Å². The molecule has 0 fully saturated rings. The minimum atomic E-state index is -4.61. The molecule has 0 aliphatic rings. The van der Waals surface area contributed by atoms with Gasteiger partial charge in [-0.3, -0.25) is 4.55 Å². The van der Waals surface area contributed by atoms with Gasteiger partial charge in [0.2, 0.25) is 0 Å². The SMILES string of the molecule is O=C([O-])c1ccc(S(=O)(=O)O)cc1C(=O)[O-].[Mn+2]. The summed E-state index contributed by atoms with van der Waals surface area (Å²) < 4.78 is 30.0. The summed E-state index contributed by atoms with van der Waals surface area (Å²) in [4.78, 5) is 20.3. The van der Waals surface area contributed by atoms with Crippen LogP contribution in [0, 0.1) is 0 Å². The average molecular weight is 299 g/mol. The molecule has 91 valence electrons. The van der Waals surface area contributed by atoms with Crippen molar-refractivity contribution in [2.24, 2.45) is 0 Å². The number of carbonyl (C=O) groups excluding carboxylic acids is 2. The van der Waals surface area contributed by atoms with Gasteiger partial charge in [0, 0.05) is 11.1 Å². The number of carboxylic acid groups (broad SMARTS) is 2. The summed E-state index contributed by atoms with van der Waals surface area (Å²) in [6, 6.07) is 1.92. The maximum Gasteiger partial charge on any atom is 2.00 e. The van der Waals surface area contributed by atoms with Crippen LogP contribution in [0.25, 0.3) is 0 Å². The first-order valence-corrected chi connectivity index (χ1v) is 5.21. The molecular weight excluding hydrogens is 295 g/mol. The third kappa shape index (κ3) is 3.53. The summed E-state index contributed by atoms with van der Waals surface area (Å²) >= 11 is 0. The minimum absolute atomic E-state index is 0. The molecule has 0 unspecified atom stereocenters. The largest absolute Gasteiger partial charge is 2.00 e. The Kier molecular flexibility index (Phi) is 4.84. The second-order valence-electron chi connectivity index (χ2n) is 2.76. The Labute approximate surface area is 106 Å². The van der Waals surface area contributed by atoms with Crippen LogP contribution in [0.1, 0.15) is 20.7 Å². The van der Waals surface area contributed by atoms with Crippen molar-refractivity contribution in [3.05, 3.63) is 29.3 Å². The number of aromatic carboxylic acids is 2. The summed E-state index contributed by atoms with van der Waals surface area (Å²) in [6.45, 7) is 0. The van der Waals surface area contributed by atoms with Gasteiger partial charge in [-0.15, -0.1) is 0 Å². The van der Waals surface area contributed by atoms with Gasteiger partial charge >= 0.3 is 17.1 Å². The Hall–Kier alpha value is -1.41. The van der Waals surface area contributed by atoms with E-state index >= 15 is 0 Å². The molecule has 0 saturated heterocycles. The first-order valence-electron chi connectivity index (χ1n) is 3.77. The first kappa shape index (κ1) is 15.6. The molecule has 0 amide bonds. The summed E-state index contributed by atoms with van der Waals surface area (Å²) in [7, 11) is -4.61. The van der Waals surface area contributed by atoms with Crippen LogP contribution < -0.4 is 10.2 Å². The van der Waals surface area contributed by atoms with E-state index < -0.39 is 38.1 Å². The maximum absolute atomic E-state index is 10.7. The molecule has 0 bridgehead atoms. The summed E-state index contributed by atoms with van der Waals surface area (Å²) in [6.07, 6.45) is 0. The van der Waals surface area contributed by atoms with Gasteiger partial charge in [-0.05, 0) is 12.1 Å². The number of hydrogen-bond donors (Lipinski definition) is 1. The fourth-order valence-corrected chi connectivity index (χ4v) is 1.54. The maximum atomic E-state index is 10.7. The van der Waals surface area contributed by atoms with E-state index in [1.807, 2.05) is 0 Å². The molecule has 1 aromatic rings. The predicted octanol–water partition coefficient (Wildman–Crippen LogP) is -2.34. The Bertz CT molecular complexity index is 563. The molecule has 1 N–H and O–H groups in total. The van der Waals surface area contributed by atoms with Gasteiger partial charge in [-0.2, -0.15) is 8.42 Å². The molecule has 9 heteroatoms. The standard InChI is InChI=1S/C8H6O7S.Mn/c9-7(10)5-2-1-4(16(13,14)15)3-6(5)8(11)12;/h1-3H,(H,9,10)(H,11,12)(H,13,14,15);/q;+2/p-2. The third-order valence-electron chi connectivity index (χ3n) is 1.73. The van der Waals surface area contributed by atoms with E-state index in [1.54, 1.807) is 0 Å². The Morgan fingerprint density at radius 1 is 1.06 bits per heavy atom. The monoisotopic (exact) mass is 299 g/mol. The zero-order chi connectivity index (χ0) is 12.5. The quantitative estimate of drug-likeness (QED) is 0.488. The summed E-state index contributed by atoms with van der Waals surface area (Å²) in [5.41, 5.74) is -1.61. The van der Waals surface area contributed by atoms with Crippen LogP contribution in [0.5, 0.6) is 0 Å². The van der Waals surface area contributed by atoms with E-state index in [4.69, 9.17) is 4.55 Å². The molecule has 0 aliphatic heterocycles. The van der Waals surface area contributed by atoms with Crippen molar-refractivity contribution in [1.29, 1.82) is 0 Å². The van der Waals surface area contributed by atoms with Crippen LogP contribution in [0.2, 0.25) is 0 Å². The third-order valence-corrected chi connectivity index (χ3v) is 2.58. The van der Waals surface area contributed by atoms with Crippen LogP contribution in [0.15, 0.2) is 23.1 Å². The number of rotatable bonds is 3. The average Bonchev–Trinajstić information content (AvgIpc) is 2.15. The number of carbonyl (C=O) groups is 2. The molecular formula is C8H4MnO7S. The molecule has 0 atom stereocenters. The fraction of sp³-hybridized carbons (Fsp3) is 0. The molecule has 0 spiro atoms. The Balaban J connectivity index is 0.00000256. The normalized spacial score (nSPS) is 10.4. The molecule has 0 aliphatic carbocycles. The topological polar surface area (TPSA) is 135 Å². The van der Waals surface area contributed by atoms with Gasteiger partial charge in [0.25, 0.3) is 10.1 Å². The zero-order valence-corrected chi connectivity index (χ0v) is 9.91. The second kappa shape index (κ2) is 5.28. The Morgan fingerprint density at radius 3 is 1.88 bits per heavy atom. The summed E-state index contributed by atoms with van der Waals surface area (Å²) in [5.74, 6) is -3.68. The van der Waals surface area contributed by atoms with E-state index in [-0.39, 0.29) is 17.1 Å². The van der Waals surface area contributed by atoms with Gasteiger partial charge in [0.1, 0.15) is 0 Å². The van der Waals surface area contributed by atoms with Gasteiger partial charge in [-0.25, -0.2) is 0 Å². The van der Waals surface area contributed by atoms with Crippen molar-refractivity contribution in [3.63, 3.8) is 0 Å². The second-order valence-corrected chi connectivity index (χ2v) is 4.18. The van der Waals surface area contributed by atoms with Crippen LogP contribution >= 0.6 is 0 Å². The van der Waals surface area contributed by atoms with E-state index in [2.05, 4.69) is 0 Å². The number of carboxylic acids is 2. The predicted molar refractivity (Wildman–Crippen MR) is 44.9 cm³/mol. The van der Waals surface area contributed by atoms with E-state index in [0.29, 0.717) is 12.1 Å². The molecule has 0 aromatic heterocycles. The van der Waals surface area contributed by atoms with Crippen molar-refractivity contribution < 1.29 is 49.8 Å². The Morgan fingerprint density at radius 2 is 1.53 bits per heavy atom. The van der Waals surface area contributed by atoms with Crippen LogP contribution in [0.4, 0.5) is 0 Å². The van der Waals surface area contributed by atoms with E-state index in [9.17, 15) is 28.2 Å². The van der Waals surface area contributed by atoms with Gasteiger partial charge in [-0.1, -0.05) is 6.07 Å². The molecule has 17 heavy (non-hydrogen) atoms. The number of hydrogen-bond acceptors (Lipinski definition) is 6. The van der Waals surface area contributed by atoms with Crippen molar-refractivity contribution in [1.82, 2.24) is 0 Å². The van der Waals surface area contributed by atoms with Gasteiger partial charge < -0.3 is 19.8 Å². The van der Waals surface area contributed by atoms with Gasteiger partial charge in [0.05, 0.1) is 16.8 Å². The first-order chi connectivity index (χ1) is 7.23. The smallest absolute Gasteiger partial charge is 0.545 e. The van der Waals surface area contributed by atoms with E-state index in [1.165, 1.54) is 0 Å². The van der Waals surface area contributed by atoms with Crippen molar-refractivity contribution >= 4 is 22.1 Å². The number of benzene rings is 1. The molecule has 1 aromatic carbocycles. The van der Waals surface area contributed by atoms with Crippen LogP contribution in [-0.4, -0.2) is 24.9 Å². The summed E-state index contributed by atoms with van der Waals surface area (Å²) in [5, 5.41) is 21.0. The van der Waals surface area contributed by atoms with Crippen molar-refractivity contribution in [2.75, 3.05) is 0 Å². The van der Waals surface area contributed by atoms with Crippen LogP contribution in [-0.2, 0) is 27.2 Å². The van der Waals surface area contributed by atoms with Crippen molar-refractivity contribution in [2.45, 2.75) is 4.90 Å². The van der Waals surface area contributed by atoms with Crippen LogP contribution in [0.3, 0.4) is 0 Å². The molecule has 0 saturated carbocycles. The van der Waals surface area contributed by atoms with Crippen molar-refractivity contribution in [3.8, 4) is 0 Å². The molecule has 7 nitrogen and oxygen atoms in total. The molecule has 0 heterocycles. The fourth-order valence-electron chi connectivity index (χ4n) is 1.03. The minimum Gasteiger partial charge on any atom is -0.545 e. The zero-order valence-electron chi connectivity index (χ0n) is 7.91. The molecule has 1 radical (unpaired) electrons.